The lowest BCUT2D eigenvalue weighted by Crippen LogP contribution is -2.33. The molecule has 0 unspecified atom stereocenters. The lowest BCUT2D eigenvalue weighted by atomic mass is 10.1. The van der Waals surface area contributed by atoms with Crippen LogP contribution in [-0.2, 0) is 11.2 Å². The van der Waals surface area contributed by atoms with Crippen molar-refractivity contribution in [1.29, 1.82) is 0 Å². The number of hydrogen-bond acceptors (Lipinski definition) is 5. The van der Waals surface area contributed by atoms with Crippen molar-refractivity contribution in [3.63, 3.8) is 0 Å². The van der Waals surface area contributed by atoms with Crippen LogP contribution in [0, 0.1) is 0 Å². The molecule has 0 radical (unpaired) electrons. The summed E-state index contributed by atoms with van der Waals surface area (Å²) in [6.45, 7) is 5.30. The Morgan fingerprint density at radius 1 is 1.16 bits per heavy atom. The molecule has 0 aliphatic carbocycles. The molecule has 0 heterocycles. The van der Waals surface area contributed by atoms with Gasteiger partial charge in [-0.3, -0.25) is 20.4 Å². The zero-order valence-corrected chi connectivity index (χ0v) is 14.0. The number of benzene rings is 2. The molecule has 0 saturated carbocycles. The second kappa shape index (κ2) is 8.60. The second-order valence-electron chi connectivity index (χ2n) is 5.28. The van der Waals surface area contributed by atoms with Gasteiger partial charge in [-0.15, -0.1) is 0 Å². The number of nitrogen functional groups attached to an aromatic ring is 1. The summed E-state index contributed by atoms with van der Waals surface area (Å²) >= 11 is 0. The topological polar surface area (TPSA) is 109 Å². The molecular formula is C18H21N5O2. The number of nitrogens with zero attached hydrogens (tertiary/aromatic N) is 1. The Balaban J connectivity index is 1.97. The number of rotatable bonds is 7. The molecule has 0 bridgehead atoms. The summed E-state index contributed by atoms with van der Waals surface area (Å²) < 4.78 is 0. The van der Waals surface area contributed by atoms with Crippen LogP contribution in [0.2, 0.25) is 0 Å². The van der Waals surface area contributed by atoms with E-state index in [1.54, 1.807) is 18.2 Å². The van der Waals surface area contributed by atoms with Crippen LogP contribution in [0.3, 0.4) is 0 Å². The molecule has 25 heavy (non-hydrogen) atoms. The third-order valence-electron chi connectivity index (χ3n) is 3.67. The molecule has 5 N–H and O–H groups in total. The standard InChI is InChI=1S/C18H21N5O2/c1-3-12-6-4-5-7-14(12)22-17(24)11-21-18(25)13-8-9-15(20-2)16(10-13)23-19/h4-10,23H,2-3,11,19H2,1H3,(H,21,25)(H,22,24). The monoisotopic (exact) mass is 339 g/mol. The fraction of sp³-hybridized carbons (Fsp3) is 0.167. The highest BCUT2D eigenvalue weighted by Crippen LogP contribution is 2.24. The zero-order valence-electron chi connectivity index (χ0n) is 14.0. The molecule has 7 nitrogen and oxygen atoms in total. The summed E-state index contributed by atoms with van der Waals surface area (Å²) in [6.07, 6.45) is 0.807. The van der Waals surface area contributed by atoms with E-state index >= 15 is 0 Å². The van der Waals surface area contributed by atoms with Crippen LogP contribution < -0.4 is 21.9 Å². The van der Waals surface area contributed by atoms with Crippen LogP contribution in [0.4, 0.5) is 17.1 Å². The van der Waals surface area contributed by atoms with Crippen molar-refractivity contribution in [3.8, 4) is 0 Å². The number of carbonyl (C=O) groups is 2. The van der Waals surface area contributed by atoms with E-state index < -0.39 is 0 Å². The van der Waals surface area contributed by atoms with E-state index in [0.717, 1.165) is 17.7 Å². The number of anilines is 2. The van der Waals surface area contributed by atoms with E-state index in [9.17, 15) is 9.59 Å². The lowest BCUT2D eigenvalue weighted by Gasteiger charge is -2.11. The summed E-state index contributed by atoms with van der Waals surface area (Å²) in [5, 5.41) is 5.38. The van der Waals surface area contributed by atoms with Crippen molar-refractivity contribution in [3.05, 3.63) is 53.6 Å². The number of nitrogens with one attached hydrogen (secondary N) is 3. The SMILES string of the molecule is C=Nc1ccc(C(=O)NCC(=O)Nc2ccccc2CC)cc1NN. The van der Waals surface area contributed by atoms with Gasteiger partial charge < -0.3 is 16.1 Å². The first-order valence-corrected chi connectivity index (χ1v) is 7.82. The number of carbonyl (C=O) groups excluding carboxylic acids is 2. The molecule has 130 valence electrons. The van der Waals surface area contributed by atoms with Crippen LogP contribution in [0.15, 0.2) is 47.5 Å². The van der Waals surface area contributed by atoms with Gasteiger partial charge in [-0.1, -0.05) is 25.1 Å². The molecule has 0 atom stereocenters. The number of nitrogens with two attached hydrogens (primary N) is 1. The predicted octanol–water partition coefficient (Wildman–Crippen LogP) is 2.24. The van der Waals surface area contributed by atoms with E-state index in [2.05, 4.69) is 27.8 Å². The predicted molar refractivity (Wildman–Crippen MR) is 100 cm³/mol. The quantitative estimate of drug-likeness (QED) is 0.352. The molecule has 0 fully saturated rings. The molecule has 7 heteroatoms. The molecule has 2 aromatic rings. The van der Waals surface area contributed by atoms with Gasteiger partial charge in [-0.2, -0.15) is 0 Å². The van der Waals surface area contributed by atoms with Crippen LogP contribution in [0.25, 0.3) is 0 Å². The number of aliphatic imine (C=N–C) groups is 1. The molecule has 2 rings (SSSR count). The van der Waals surface area contributed by atoms with Gasteiger partial charge >= 0.3 is 0 Å². The minimum atomic E-state index is -0.383. The van der Waals surface area contributed by atoms with E-state index in [4.69, 9.17) is 5.84 Å². The molecule has 2 aromatic carbocycles. The van der Waals surface area contributed by atoms with Gasteiger partial charge in [0.25, 0.3) is 5.91 Å². The highest BCUT2D eigenvalue weighted by molar-refractivity contribution is 6.00. The van der Waals surface area contributed by atoms with E-state index in [0.29, 0.717) is 16.9 Å². The van der Waals surface area contributed by atoms with Crippen molar-refractivity contribution in [2.45, 2.75) is 13.3 Å². The van der Waals surface area contributed by atoms with Crippen LogP contribution in [-0.4, -0.2) is 25.1 Å². The van der Waals surface area contributed by atoms with E-state index in [1.165, 1.54) is 0 Å². The first-order valence-electron chi connectivity index (χ1n) is 7.82. The van der Waals surface area contributed by atoms with Crippen molar-refractivity contribution in [1.82, 2.24) is 5.32 Å². The Labute approximate surface area is 146 Å². The van der Waals surface area contributed by atoms with Crippen LogP contribution in [0.1, 0.15) is 22.8 Å². The van der Waals surface area contributed by atoms with Crippen molar-refractivity contribution >= 4 is 35.6 Å². The van der Waals surface area contributed by atoms with Gasteiger partial charge in [0.15, 0.2) is 0 Å². The van der Waals surface area contributed by atoms with Crippen LogP contribution in [0.5, 0.6) is 0 Å². The van der Waals surface area contributed by atoms with Crippen molar-refractivity contribution < 1.29 is 9.59 Å². The van der Waals surface area contributed by atoms with Gasteiger partial charge in [0.2, 0.25) is 5.91 Å². The Bertz CT molecular complexity index is 789. The summed E-state index contributed by atoms with van der Waals surface area (Å²) in [5.74, 6) is 4.72. The fourth-order valence-electron chi connectivity index (χ4n) is 2.34. The van der Waals surface area contributed by atoms with Gasteiger partial charge in [0.05, 0.1) is 17.9 Å². The lowest BCUT2D eigenvalue weighted by molar-refractivity contribution is -0.115. The Morgan fingerprint density at radius 3 is 2.60 bits per heavy atom. The minimum absolute atomic E-state index is 0.135. The van der Waals surface area contributed by atoms with Gasteiger partial charge in [-0.05, 0) is 43.0 Å². The summed E-state index contributed by atoms with van der Waals surface area (Å²) in [5.41, 5.74) is 5.62. The molecular weight excluding hydrogens is 318 g/mol. The Morgan fingerprint density at radius 2 is 1.92 bits per heavy atom. The van der Waals surface area contributed by atoms with Gasteiger partial charge in [0.1, 0.15) is 0 Å². The number of para-hydroxylation sites is 1. The molecule has 0 spiro atoms. The minimum Gasteiger partial charge on any atom is -0.343 e. The maximum Gasteiger partial charge on any atom is 0.251 e. The molecule has 0 aliphatic rings. The number of amides is 2. The third-order valence-corrected chi connectivity index (χ3v) is 3.67. The summed E-state index contributed by atoms with van der Waals surface area (Å²) in [7, 11) is 0. The molecule has 2 amide bonds. The van der Waals surface area contributed by atoms with Gasteiger partial charge in [-0.25, -0.2) is 0 Å². The average molecular weight is 339 g/mol. The molecule has 0 saturated heterocycles. The first-order chi connectivity index (χ1) is 12.1. The van der Waals surface area contributed by atoms with E-state index in [1.807, 2.05) is 31.2 Å². The Hall–Kier alpha value is -3.19. The Kier molecular flexibility index (Phi) is 6.25. The van der Waals surface area contributed by atoms with Gasteiger partial charge in [0, 0.05) is 11.3 Å². The average Bonchev–Trinajstić information content (AvgIpc) is 2.65. The largest absolute Gasteiger partial charge is 0.343 e. The van der Waals surface area contributed by atoms with E-state index in [-0.39, 0.29) is 18.4 Å². The third kappa shape index (κ3) is 4.65. The molecule has 0 aromatic heterocycles. The number of aryl methyl sites for hydroxylation is 1. The first kappa shape index (κ1) is 18.2. The zero-order chi connectivity index (χ0) is 18.2. The number of hydrogen-bond donors (Lipinski definition) is 4. The maximum atomic E-state index is 12.2. The smallest absolute Gasteiger partial charge is 0.251 e. The maximum absolute atomic E-state index is 12.2. The summed E-state index contributed by atoms with van der Waals surface area (Å²) in [6, 6.07) is 12.3. The van der Waals surface area contributed by atoms with Crippen molar-refractivity contribution in [2.24, 2.45) is 10.8 Å². The number of hydrazine groups is 1. The second-order valence-corrected chi connectivity index (χ2v) is 5.28. The van der Waals surface area contributed by atoms with Crippen molar-refractivity contribution in [2.75, 3.05) is 17.3 Å². The summed E-state index contributed by atoms with van der Waals surface area (Å²) in [4.78, 5) is 28.0. The highest BCUT2D eigenvalue weighted by Gasteiger charge is 2.11. The molecule has 0 aliphatic heterocycles. The fourth-order valence-corrected chi connectivity index (χ4v) is 2.34. The normalized spacial score (nSPS) is 10.0. The van der Waals surface area contributed by atoms with Crippen LogP contribution >= 0.6 is 0 Å². The highest BCUT2D eigenvalue weighted by atomic mass is 16.2.